The maximum absolute atomic E-state index is 12.4. The third-order valence-corrected chi connectivity index (χ3v) is 4.45. The Morgan fingerprint density at radius 2 is 1.69 bits per heavy atom. The molecule has 0 saturated carbocycles. The first-order chi connectivity index (χ1) is 13.8. The Kier molecular flexibility index (Phi) is 7.77. The largest absolute Gasteiger partial charge is 0.493 e. The highest BCUT2D eigenvalue weighted by Crippen LogP contribution is 2.27. The summed E-state index contributed by atoms with van der Waals surface area (Å²) in [5, 5.41) is 2.73. The molecule has 0 aliphatic rings. The molecule has 154 valence electrons. The molecule has 0 aliphatic carbocycles. The van der Waals surface area contributed by atoms with Crippen LogP contribution in [0.15, 0.2) is 42.5 Å². The quantitative estimate of drug-likeness (QED) is 0.657. The van der Waals surface area contributed by atoms with Gasteiger partial charge in [-0.25, -0.2) is 0 Å². The lowest BCUT2D eigenvalue weighted by molar-refractivity contribution is -0.132. The van der Waals surface area contributed by atoms with Crippen molar-refractivity contribution in [3.05, 3.63) is 53.6 Å². The minimum Gasteiger partial charge on any atom is -0.493 e. The first-order valence-corrected chi connectivity index (χ1v) is 9.21. The number of nitrogens with zero attached hydrogens (tertiary/aromatic N) is 1. The van der Waals surface area contributed by atoms with Crippen LogP contribution in [0.2, 0.25) is 0 Å². The molecule has 2 amide bonds. The number of methoxy groups -OCH3 is 2. The van der Waals surface area contributed by atoms with E-state index in [0.29, 0.717) is 35.7 Å². The van der Waals surface area contributed by atoms with E-state index in [9.17, 15) is 14.4 Å². The van der Waals surface area contributed by atoms with Crippen LogP contribution in [0.3, 0.4) is 0 Å². The van der Waals surface area contributed by atoms with E-state index in [1.54, 1.807) is 44.6 Å². The highest BCUT2D eigenvalue weighted by Gasteiger charge is 2.15. The number of carbonyl (C=O) groups is 3. The van der Waals surface area contributed by atoms with E-state index < -0.39 is 0 Å². The van der Waals surface area contributed by atoms with Crippen LogP contribution in [-0.4, -0.2) is 49.8 Å². The molecular formula is C22H26N2O5. The summed E-state index contributed by atoms with van der Waals surface area (Å²) in [6.45, 7) is 3.20. The minimum atomic E-state index is -0.326. The van der Waals surface area contributed by atoms with Gasteiger partial charge in [-0.1, -0.05) is 18.2 Å². The average molecular weight is 398 g/mol. The molecule has 0 aliphatic heterocycles. The molecular weight excluding hydrogens is 372 g/mol. The van der Waals surface area contributed by atoms with Gasteiger partial charge in [-0.2, -0.15) is 0 Å². The predicted octanol–water partition coefficient (Wildman–Crippen LogP) is 2.94. The van der Waals surface area contributed by atoms with Gasteiger partial charge in [0, 0.05) is 24.7 Å². The Bertz CT molecular complexity index is 895. The van der Waals surface area contributed by atoms with E-state index in [0.717, 1.165) is 5.56 Å². The second-order valence-electron chi connectivity index (χ2n) is 6.57. The zero-order valence-corrected chi connectivity index (χ0v) is 17.2. The van der Waals surface area contributed by atoms with Gasteiger partial charge >= 0.3 is 0 Å². The van der Waals surface area contributed by atoms with E-state index in [2.05, 4.69) is 5.32 Å². The molecule has 2 rings (SSSR count). The van der Waals surface area contributed by atoms with Crippen molar-refractivity contribution in [1.29, 1.82) is 0 Å². The third kappa shape index (κ3) is 6.34. The van der Waals surface area contributed by atoms with Crippen molar-refractivity contribution in [2.24, 2.45) is 0 Å². The fraction of sp³-hybridized carbons (Fsp3) is 0.318. The summed E-state index contributed by atoms with van der Waals surface area (Å²) in [5.41, 5.74) is 1.99. The fourth-order valence-electron chi connectivity index (χ4n) is 2.84. The lowest BCUT2D eigenvalue weighted by Crippen LogP contribution is -2.38. The van der Waals surface area contributed by atoms with E-state index in [1.807, 2.05) is 12.1 Å². The molecule has 7 heteroatoms. The van der Waals surface area contributed by atoms with Crippen molar-refractivity contribution in [3.63, 3.8) is 0 Å². The number of nitrogens with one attached hydrogen (secondary N) is 1. The van der Waals surface area contributed by atoms with Gasteiger partial charge in [0.1, 0.15) is 0 Å². The van der Waals surface area contributed by atoms with Crippen LogP contribution >= 0.6 is 0 Å². The number of benzene rings is 2. The summed E-state index contributed by atoms with van der Waals surface area (Å²) in [6, 6.07) is 12.3. The van der Waals surface area contributed by atoms with Gasteiger partial charge in [0.15, 0.2) is 17.3 Å². The first-order valence-electron chi connectivity index (χ1n) is 9.21. The summed E-state index contributed by atoms with van der Waals surface area (Å²) in [4.78, 5) is 37.3. The molecule has 0 saturated heterocycles. The molecule has 0 fully saturated rings. The Morgan fingerprint density at radius 3 is 2.31 bits per heavy atom. The first kappa shape index (κ1) is 21.9. The molecule has 2 aromatic rings. The number of hydrogen-bond acceptors (Lipinski definition) is 5. The summed E-state index contributed by atoms with van der Waals surface area (Å²) in [5.74, 6) is 0.641. The number of Topliss-reactive ketones (excluding diaryl/α,β-unsaturated/α-hetero) is 1. The minimum absolute atomic E-state index is 0.0765. The molecule has 0 aromatic heterocycles. The van der Waals surface area contributed by atoms with Crippen molar-refractivity contribution in [2.45, 2.75) is 20.3 Å². The number of anilines is 1. The maximum Gasteiger partial charge on any atom is 0.243 e. The number of ether oxygens (including phenoxy) is 2. The monoisotopic (exact) mass is 398 g/mol. The van der Waals surface area contributed by atoms with Gasteiger partial charge in [-0.3, -0.25) is 14.4 Å². The van der Waals surface area contributed by atoms with Crippen molar-refractivity contribution in [2.75, 3.05) is 32.6 Å². The lowest BCUT2D eigenvalue weighted by atomic mass is 10.1. The van der Waals surface area contributed by atoms with Crippen LogP contribution in [0.1, 0.15) is 29.8 Å². The molecule has 0 bridgehead atoms. The third-order valence-electron chi connectivity index (χ3n) is 4.45. The Labute approximate surface area is 170 Å². The van der Waals surface area contributed by atoms with Gasteiger partial charge < -0.3 is 19.7 Å². The Balaban J connectivity index is 1.99. The zero-order chi connectivity index (χ0) is 21.4. The molecule has 0 radical (unpaired) electrons. The SMILES string of the molecule is COc1ccc(CCN(CC(=O)Nc2cccc(C(C)=O)c2)C(C)=O)cc1OC. The maximum atomic E-state index is 12.4. The molecule has 1 N–H and O–H groups in total. The summed E-state index contributed by atoms with van der Waals surface area (Å²) in [6.07, 6.45) is 0.563. The molecule has 0 unspecified atom stereocenters. The zero-order valence-electron chi connectivity index (χ0n) is 17.2. The summed E-state index contributed by atoms with van der Waals surface area (Å²) >= 11 is 0. The van der Waals surface area contributed by atoms with Gasteiger partial charge in [0.25, 0.3) is 0 Å². The second kappa shape index (κ2) is 10.3. The molecule has 7 nitrogen and oxygen atoms in total. The molecule has 0 spiro atoms. The van der Waals surface area contributed by atoms with Crippen LogP contribution in [0.25, 0.3) is 0 Å². The number of amides is 2. The van der Waals surface area contributed by atoms with Gasteiger partial charge in [0.2, 0.25) is 11.8 Å². The molecule has 0 heterocycles. The standard InChI is InChI=1S/C22H26N2O5/c1-15(25)18-6-5-7-19(13-18)23-22(27)14-24(16(2)26)11-10-17-8-9-20(28-3)21(12-17)29-4/h5-9,12-13H,10-11,14H2,1-4H3,(H,23,27). The average Bonchev–Trinajstić information content (AvgIpc) is 2.70. The molecule has 29 heavy (non-hydrogen) atoms. The topological polar surface area (TPSA) is 84.9 Å². The van der Waals surface area contributed by atoms with E-state index in [-0.39, 0.29) is 24.1 Å². The van der Waals surface area contributed by atoms with E-state index in [4.69, 9.17) is 9.47 Å². The summed E-state index contributed by atoms with van der Waals surface area (Å²) < 4.78 is 10.5. The van der Waals surface area contributed by atoms with Crippen molar-refractivity contribution in [1.82, 2.24) is 4.90 Å². The number of rotatable bonds is 9. The van der Waals surface area contributed by atoms with Crippen LogP contribution in [0.4, 0.5) is 5.69 Å². The number of ketones is 1. The lowest BCUT2D eigenvalue weighted by Gasteiger charge is -2.21. The normalized spacial score (nSPS) is 10.2. The highest BCUT2D eigenvalue weighted by molar-refractivity contribution is 5.98. The summed E-state index contributed by atoms with van der Waals surface area (Å²) in [7, 11) is 3.13. The van der Waals surface area contributed by atoms with Gasteiger partial charge in [0.05, 0.1) is 20.8 Å². The predicted molar refractivity (Wildman–Crippen MR) is 111 cm³/mol. The number of carbonyl (C=O) groups excluding carboxylic acids is 3. The Morgan fingerprint density at radius 1 is 0.966 bits per heavy atom. The second-order valence-corrected chi connectivity index (χ2v) is 6.57. The van der Waals surface area contributed by atoms with Crippen LogP contribution in [0.5, 0.6) is 11.5 Å². The van der Waals surface area contributed by atoms with Gasteiger partial charge in [-0.15, -0.1) is 0 Å². The van der Waals surface area contributed by atoms with Crippen molar-refractivity contribution >= 4 is 23.3 Å². The molecule has 2 aromatic carbocycles. The fourth-order valence-corrected chi connectivity index (χ4v) is 2.84. The van der Waals surface area contributed by atoms with Crippen molar-refractivity contribution < 1.29 is 23.9 Å². The van der Waals surface area contributed by atoms with Gasteiger partial charge in [-0.05, 0) is 43.2 Å². The smallest absolute Gasteiger partial charge is 0.243 e. The van der Waals surface area contributed by atoms with Crippen molar-refractivity contribution in [3.8, 4) is 11.5 Å². The molecule has 0 atom stereocenters. The van der Waals surface area contributed by atoms with E-state index in [1.165, 1.54) is 18.7 Å². The van der Waals surface area contributed by atoms with Crippen LogP contribution in [0, 0.1) is 0 Å². The van der Waals surface area contributed by atoms with Crippen LogP contribution < -0.4 is 14.8 Å². The van der Waals surface area contributed by atoms with E-state index >= 15 is 0 Å². The highest BCUT2D eigenvalue weighted by atomic mass is 16.5. The Hall–Kier alpha value is -3.35. The van der Waals surface area contributed by atoms with Crippen LogP contribution in [-0.2, 0) is 16.0 Å². The number of hydrogen-bond donors (Lipinski definition) is 1.